The minimum atomic E-state index is -4.49. The predicted molar refractivity (Wildman–Crippen MR) is 88.2 cm³/mol. The Hall–Kier alpha value is -1.40. The summed E-state index contributed by atoms with van der Waals surface area (Å²) in [5.74, 6) is 2.05. The molecule has 0 saturated heterocycles. The van der Waals surface area contributed by atoms with Gasteiger partial charge in [-0.25, -0.2) is 0 Å². The highest BCUT2D eigenvalue weighted by Crippen LogP contribution is 2.59. The Labute approximate surface area is 142 Å². The van der Waals surface area contributed by atoms with Gasteiger partial charge >= 0.3 is 10.4 Å². The number of hydrogen-bond donors (Lipinski definition) is 1. The lowest BCUT2D eigenvalue weighted by molar-refractivity contribution is -0.129. The van der Waals surface area contributed by atoms with Crippen molar-refractivity contribution in [2.24, 2.45) is 17.3 Å². The van der Waals surface area contributed by atoms with Crippen molar-refractivity contribution < 1.29 is 21.9 Å². The summed E-state index contributed by atoms with van der Waals surface area (Å²) in [7, 11) is -4.49. The number of ketones is 1. The predicted octanol–water partition coefficient (Wildman–Crippen LogP) is 3.29. The van der Waals surface area contributed by atoms with Gasteiger partial charge in [0.25, 0.3) is 0 Å². The molecular weight excluding hydrogens is 328 g/mol. The van der Waals surface area contributed by atoms with Crippen LogP contribution in [0.2, 0.25) is 0 Å². The van der Waals surface area contributed by atoms with Gasteiger partial charge in [-0.05, 0) is 73.1 Å². The maximum atomic E-state index is 12.3. The van der Waals surface area contributed by atoms with Crippen LogP contribution in [-0.4, -0.2) is 18.8 Å². The number of benzene rings is 1. The van der Waals surface area contributed by atoms with Gasteiger partial charge in [-0.2, -0.15) is 8.42 Å². The molecule has 0 bridgehead atoms. The molecule has 1 aromatic rings. The van der Waals surface area contributed by atoms with Crippen LogP contribution in [0, 0.1) is 17.3 Å². The fraction of sp³-hybridized carbons (Fsp3) is 0.611. The van der Waals surface area contributed by atoms with Gasteiger partial charge in [-0.1, -0.05) is 13.0 Å². The zero-order valence-corrected chi connectivity index (χ0v) is 14.5. The van der Waals surface area contributed by atoms with E-state index in [4.69, 9.17) is 4.55 Å². The van der Waals surface area contributed by atoms with Crippen LogP contribution in [-0.2, 0) is 21.6 Å². The number of fused-ring (bicyclic) bond motifs is 5. The summed E-state index contributed by atoms with van der Waals surface area (Å²) in [4.78, 5) is 12.3. The highest BCUT2D eigenvalue weighted by atomic mass is 32.3. The van der Waals surface area contributed by atoms with E-state index in [1.807, 2.05) is 6.07 Å². The smallest absolute Gasteiger partial charge is 0.362 e. The number of Topliss-reactive ketones (excluding diaryl/α,β-unsaturated/α-hetero) is 1. The first-order chi connectivity index (χ1) is 11.3. The summed E-state index contributed by atoms with van der Waals surface area (Å²) in [5.41, 5.74) is 2.23. The average molecular weight is 350 g/mol. The van der Waals surface area contributed by atoms with Gasteiger partial charge in [0, 0.05) is 11.8 Å². The van der Waals surface area contributed by atoms with Gasteiger partial charge in [0.15, 0.2) is 0 Å². The molecule has 130 valence electrons. The molecule has 5 nitrogen and oxygen atoms in total. The summed E-state index contributed by atoms with van der Waals surface area (Å²) in [6.07, 6.45) is 5.57. The van der Waals surface area contributed by atoms with Gasteiger partial charge in [0.05, 0.1) is 0 Å². The molecule has 4 rings (SSSR count). The first-order valence-corrected chi connectivity index (χ1v) is 9.97. The second-order valence-corrected chi connectivity index (χ2v) is 8.73. The van der Waals surface area contributed by atoms with Crippen molar-refractivity contribution >= 4 is 16.2 Å². The molecule has 2 fully saturated rings. The highest BCUT2D eigenvalue weighted by Gasteiger charge is 2.54. The third-order valence-corrected chi connectivity index (χ3v) is 7.01. The van der Waals surface area contributed by atoms with Crippen LogP contribution in [0.1, 0.15) is 56.1 Å². The molecule has 0 radical (unpaired) electrons. The molecule has 1 aromatic carbocycles. The summed E-state index contributed by atoms with van der Waals surface area (Å²) < 4.78 is 35.2. The van der Waals surface area contributed by atoms with Gasteiger partial charge in [-0.15, -0.1) is 0 Å². The van der Waals surface area contributed by atoms with E-state index in [2.05, 4.69) is 11.1 Å². The Morgan fingerprint density at radius 3 is 2.75 bits per heavy atom. The van der Waals surface area contributed by atoms with E-state index in [0.29, 0.717) is 23.5 Å². The molecule has 0 heterocycles. The maximum Gasteiger partial charge on any atom is 0.446 e. The van der Waals surface area contributed by atoms with Crippen LogP contribution in [0.25, 0.3) is 0 Å². The van der Waals surface area contributed by atoms with Gasteiger partial charge in [0.1, 0.15) is 11.5 Å². The molecule has 0 aliphatic heterocycles. The van der Waals surface area contributed by atoms with Gasteiger partial charge < -0.3 is 4.18 Å². The minimum Gasteiger partial charge on any atom is -0.362 e. The number of aryl methyl sites for hydroxylation is 1. The number of hydrogen-bond acceptors (Lipinski definition) is 4. The van der Waals surface area contributed by atoms with Crippen LogP contribution in [0.4, 0.5) is 0 Å². The molecule has 2 saturated carbocycles. The summed E-state index contributed by atoms with van der Waals surface area (Å²) in [6, 6.07) is 5.28. The van der Waals surface area contributed by atoms with Crippen molar-refractivity contribution in [1.29, 1.82) is 0 Å². The minimum absolute atomic E-state index is 0.132. The van der Waals surface area contributed by atoms with E-state index >= 15 is 0 Å². The Bertz CT molecular complexity index is 800. The first kappa shape index (κ1) is 16.1. The monoisotopic (exact) mass is 350 g/mol. The van der Waals surface area contributed by atoms with E-state index in [-0.39, 0.29) is 11.2 Å². The van der Waals surface area contributed by atoms with Crippen molar-refractivity contribution in [2.45, 2.75) is 51.4 Å². The van der Waals surface area contributed by atoms with Crippen molar-refractivity contribution in [3.63, 3.8) is 0 Å². The van der Waals surface area contributed by atoms with Crippen molar-refractivity contribution in [2.75, 3.05) is 0 Å². The lowest BCUT2D eigenvalue weighted by atomic mass is 9.55. The van der Waals surface area contributed by atoms with Crippen LogP contribution in [0.5, 0.6) is 5.75 Å². The first-order valence-electron chi connectivity index (χ1n) is 8.61. The second kappa shape index (κ2) is 5.30. The SMILES string of the molecule is CC12CC[C@@H]3c4ccc(OS(=O)(=O)O)cc4CCC3[C@@H]1CCC2=O. The molecule has 6 heteroatoms. The average Bonchev–Trinajstić information content (AvgIpc) is 2.81. The normalized spacial score (nSPS) is 35.1. The third kappa shape index (κ3) is 2.47. The quantitative estimate of drug-likeness (QED) is 0.828. The zero-order chi connectivity index (χ0) is 17.1. The van der Waals surface area contributed by atoms with E-state index in [9.17, 15) is 13.2 Å². The molecule has 0 spiro atoms. The van der Waals surface area contributed by atoms with Crippen molar-refractivity contribution in [3.05, 3.63) is 29.3 Å². The van der Waals surface area contributed by atoms with Crippen LogP contribution < -0.4 is 4.18 Å². The van der Waals surface area contributed by atoms with Crippen LogP contribution in [0.3, 0.4) is 0 Å². The van der Waals surface area contributed by atoms with Crippen LogP contribution in [0.15, 0.2) is 18.2 Å². The Morgan fingerprint density at radius 2 is 2.00 bits per heavy atom. The summed E-state index contributed by atoms with van der Waals surface area (Å²) in [6.45, 7) is 2.15. The van der Waals surface area contributed by atoms with Crippen molar-refractivity contribution in [1.82, 2.24) is 0 Å². The molecule has 24 heavy (non-hydrogen) atoms. The lowest BCUT2D eigenvalue weighted by Gasteiger charge is -2.48. The van der Waals surface area contributed by atoms with Crippen LogP contribution >= 0.6 is 0 Å². The lowest BCUT2D eigenvalue weighted by Crippen LogP contribution is -2.42. The molecule has 4 atom stereocenters. The topological polar surface area (TPSA) is 80.7 Å². The van der Waals surface area contributed by atoms with E-state index in [1.165, 1.54) is 5.56 Å². The number of carbonyl (C=O) groups is 1. The summed E-state index contributed by atoms with van der Waals surface area (Å²) >= 11 is 0. The third-order valence-electron chi connectivity index (χ3n) is 6.61. The van der Waals surface area contributed by atoms with E-state index in [0.717, 1.165) is 44.1 Å². The number of rotatable bonds is 2. The highest BCUT2D eigenvalue weighted by molar-refractivity contribution is 7.81. The van der Waals surface area contributed by atoms with Gasteiger partial charge in [0.2, 0.25) is 0 Å². The number of carbonyl (C=O) groups excluding carboxylic acids is 1. The zero-order valence-electron chi connectivity index (χ0n) is 13.7. The van der Waals surface area contributed by atoms with Crippen molar-refractivity contribution in [3.8, 4) is 5.75 Å². The maximum absolute atomic E-state index is 12.3. The molecule has 3 aliphatic rings. The standard InChI is InChI=1S/C18H22O5S/c1-18-9-8-14-13-5-3-12(23-24(20,21)22)10-11(13)2-4-15(14)16(18)6-7-17(18)19/h3,5,10,14-16H,2,4,6-9H2,1H3,(H,20,21,22)/t14-,15?,16+,18?/m1/s1. The molecule has 0 amide bonds. The summed E-state index contributed by atoms with van der Waals surface area (Å²) in [5, 5.41) is 0. The molecule has 2 unspecified atom stereocenters. The fourth-order valence-corrected chi connectivity index (χ4v) is 5.85. The van der Waals surface area contributed by atoms with E-state index < -0.39 is 10.4 Å². The molecular formula is C18H22O5S. The molecule has 3 aliphatic carbocycles. The second-order valence-electron chi connectivity index (χ2n) is 7.71. The molecule has 0 aromatic heterocycles. The Balaban J connectivity index is 1.65. The van der Waals surface area contributed by atoms with Gasteiger partial charge in [-0.3, -0.25) is 9.35 Å². The van der Waals surface area contributed by atoms with E-state index in [1.54, 1.807) is 12.1 Å². The Kier molecular flexibility index (Phi) is 3.55. The largest absolute Gasteiger partial charge is 0.446 e. The molecule has 1 N–H and O–H groups in total. The fourth-order valence-electron chi connectivity index (χ4n) is 5.50. The Morgan fingerprint density at radius 1 is 1.21 bits per heavy atom.